The minimum Gasteiger partial charge on any atom is -0.479 e. The van der Waals surface area contributed by atoms with E-state index >= 15 is 0 Å². The second-order valence-corrected chi connectivity index (χ2v) is 21.2. The van der Waals surface area contributed by atoms with Gasteiger partial charge in [0.05, 0.1) is 13.2 Å². The Kier molecular flexibility index (Phi) is 19.7. The monoisotopic (exact) mass is 1170 g/mol. The first kappa shape index (κ1) is 61.2. The third-order valence-corrected chi connectivity index (χ3v) is 12.5. The van der Waals surface area contributed by atoms with Gasteiger partial charge >= 0.3 is 74.1 Å². The Labute approximate surface area is 396 Å². The molecule has 0 aromatic heterocycles. The highest BCUT2D eigenvalue weighted by Gasteiger charge is 2.59. The van der Waals surface area contributed by atoms with Gasteiger partial charge in [-0.2, -0.15) is 60.0 Å². The number of carbonyl (C=O) groups is 2. The van der Waals surface area contributed by atoms with Crippen LogP contribution in [-0.4, -0.2) is 267 Å². The molecule has 16 N–H and O–H groups in total. The largest absolute Gasteiger partial charge is 0.479 e. The van der Waals surface area contributed by atoms with Crippen LogP contribution in [0.25, 0.3) is 0 Å². The molecule has 0 aromatic carbocycles. The number of nitrogens with one attached hydrogen (secondary N) is 2. The fraction of sp³-hybridized carbons (Fsp3) is 0.917. The predicted molar refractivity (Wildman–Crippen MR) is 202 cm³/mol. The fourth-order valence-corrected chi connectivity index (χ4v) is 9.63. The van der Waals surface area contributed by atoms with Crippen LogP contribution < -0.4 is 9.44 Å². The van der Waals surface area contributed by atoms with E-state index in [1.807, 2.05) is 0 Å². The minimum atomic E-state index is -6.05. The van der Waals surface area contributed by atoms with Gasteiger partial charge in [0, 0.05) is 0 Å². The highest BCUT2D eigenvalue weighted by molar-refractivity contribution is 7.84. The molecule has 0 saturated carbocycles. The van der Waals surface area contributed by atoms with Crippen molar-refractivity contribution in [2.75, 3.05) is 13.2 Å². The summed E-state index contributed by atoms with van der Waals surface area (Å²) in [6.45, 7) is -3.26. The molecule has 1 unspecified atom stereocenters. The summed E-state index contributed by atoms with van der Waals surface area (Å²) in [6, 6.07) is -5.40. The van der Waals surface area contributed by atoms with Crippen molar-refractivity contribution in [3.8, 4) is 0 Å². The van der Waals surface area contributed by atoms with Crippen LogP contribution in [0.1, 0.15) is 0 Å². The van der Waals surface area contributed by atoms with Gasteiger partial charge in [0.2, 0.25) is 0 Å². The normalized spacial score (nSPS) is 39.2. The Morgan fingerprint density at radius 2 is 0.803 bits per heavy atom. The second-order valence-electron chi connectivity index (χ2n) is 14.5. The van der Waals surface area contributed by atoms with E-state index in [4.69, 9.17) is 37.5 Å². The van der Waals surface area contributed by atoms with Crippen molar-refractivity contribution < 1.29 is 178 Å². The lowest BCUT2D eigenvalue weighted by molar-refractivity contribution is -0.366. The molecule has 0 bridgehead atoms. The maximum absolute atomic E-state index is 12.7. The molecule has 4 heterocycles. The Morgan fingerprint density at radius 1 is 0.423 bits per heavy atom. The Bertz CT molecular complexity index is 2580. The molecule has 0 spiro atoms. The van der Waals surface area contributed by atoms with Gasteiger partial charge in [-0.05, 0) is 0 Å². The van der Waals surface area contributed by atoms with Crippen LogP contribution >= 0.6 is 0 Å². The zero-order chi connectivity index (χ0) is 54.3. The summed E-state index contributed by atoms with van der Waals surface area (Å²) in [7, 11) is -34.2. The number of rotatable bonds is 22. The van der Waals surface area contributed by atoms with Crippen LogP contribution in [-0.2, 0) is 122 Å². The van der Waals surface area contributed by atoms with Crippen molar-refractivity contribution in [1.29, 1.82) is 0 Å². The third-order valence-electron chi connectivity index (χ3n) is 9.59. The van der Waals surface area contributed by atoms with E-state index in [2.05, 4.69) is 21.5 Å². The summed E-state index contributed by atoms with van der Waals surface area (Å²) in [5, 5.41) is 85.0. The molecule has 0 radical (unpaired) electrons. The number of carboxylic acids is 2. The molecule has 4 saturated heterocycles. The molecule has 4 rings (SSSR count). The fourth-order valence-electron chi connectivity index (χ4n) is 6.85. The van der Waals surface area contributed by atoms with E-state index in [0.717, 1.165) is 0 Å². The van der Waals surface area contributed by atoms with Gasteiger partial charge in [0.15, 0.2) is 49.6 Å². The van der Waals surface area contributed by atoms with Crippen LogP contribution in [0.4, 0.5) is 0 Å². The van der Waals surface area contributed by atoms with Crippen LogP contribution in [0.2, 0.25) is 0 Å². The number of hydrogen-bond donors (Lipinski definition) is 16. The standard InChI is InChI=1S/C24H40N2O39S6/c27-7-3(1-55-68(43,44)45)57-22(5(8(7)28)25-66(37,38)39)62-14-11(31)16(65-71(52,53)54)24(63-18(14)20(34)35)60-12-4(2-56-69(46,47)48)58-23(6(9(12)29)26-67(40,41)42)61-13-10(30)15(64-70(49,50)51)21(36)59-17(13)19(32)33/h3-18,21-31,36H,1-2H2,(H,32,33)(H,34,35)(H,37,38,39)(H,40,41,42)(H,43,44,45)(H,46,47,48)(H,49,50,51)(H,52,53,54)/t3-,4+,5+,6-,7-,8+,9-,10+,11?,12-,13+,14-,15-,16+,17+,18+,21-,22-,23-,24-/m0/s1. The molecule has 0 aliphatic carbocycles. The van der Waals surface area contributed by atoms with Gasteiger partial charge in [0.1, 0.15) is 73.1 Å². The average molecular weight is 1170 g/mol. The number of ether oxygens (including phenoxy) is 7. The van der Waals surface area contributed by atoms with Crippen molar-refractivity contribution in [1.82, 2.24) is 9.44 Å². The topological polar surface area (TPSA) is 648 Å². The van der Waals surface area contributed by atoms with Crippen LogP contribution in [0.15, 0.2) is 0 Å². The number of aliphatic hydroxyl groups is 6. The van der Waals surface area contributed by atoms with Gasteiger partial charge in [-0.1, -0.05) is 0 Å². The van der Waals surface area contributed by atoms with Crippen LogP contribution in [0.5, 0.6) is 0 Å². The van der Waals surface area contributed by atoms with Crippen molar-refractivity contribution in [3.05, 3.63) is 0 Å². The summed E-state index contributed by atoms with van der Waals surface area (Å²) in [5.74, 6) is -4.58. The van der Waals surface area contributed by atoms with Gasteiger partial charge in [-0.15, -0.1) is 0 Å². The molecule has 0 amide bonds. The van der Waals surface area contributed by atoms with Gasteiger partial charge in [-0.3, -0.25) is 27.3 Å². The van der Waals surface area contributed by atoms with Crippen LogP contribution in [0, 0.1) is 0 Å². The van der Waals surface area contributed by atoms with Crippen LogP contribution in [0.3, 0.4) is 0 Å². The number of hydrogen-bond acceptors (Lipinski definition) is 31. The molecule has 416 valence electrons. The lowest BCUT2D eigenvalue weighted by Crippen LogP contribution is -2.70. The smallest absolute Gasteiger partial charge is 0.397 e. The Morgan fingerprint density at radius 3 is 1.23 bits per heavy atom. The molecular weight excluding hydrogens is 1130 g/mol. The number of aliphatic hydroxyl groups excluding tert-OH is 6. The van der Waals surface area contributed by atoms with Crippen molar-refractivity contribution in [3.63, 3.8) is 0 Å². The summed E-state index contributed by atoms with van der Waals surface area (Å²) < 4.78 is 252. The van der Waals surface area contributed by atoms with Gasteiger partial charge in [-0.25, -0.2) is 26.3 Å². The first-order valence-corrected chi connectivity index (χ1v) is 26.6. The van der Waals surface area contributed by atoms with E-state index in [1.54, 1.807) is 0 Å². The highest BCUT2D eigenvalue weighted by Crippen LogP contribution is 2.36. The molecule has 4 fully saturated rings. The first-order valence-electron chi connectivity index (χ1n) is 18.2. The Hall–Kier alpha value is -2.36. The average Bonchev–Trinajstić information content (AvgIpc) is 3.17. The summed E-state index contributed by atoms with van der Waals surface area (Å²) in [6.07, 6.45) is -50.4. The highest BCUT2D eigenvalue weighted by atomic mass is 32.3. The van der Waals surface area contributed by atoms with E-state index in [9.17, 15) is 119 Å². The lowest BCUT2D eigenvalue weighted by Gasteiger charge is -2.49. The van der Waals surface area contributed by atoms with E-state index in [0.29, 0.717) is 0 Å². The van der Waals surface area contributed by atoms with E-state index in [-0.39, 0.29) is 0 Å². The predicted octanol–water partition coefficient (Wildman–Crippen LogP) is -11.5. The van der Waals surface area contributed by atoms with Crippen molar-refractivity contribution in [2.45, 2.75) is 123 Å². The van der Waals surface area contributed by atoms with Gasteiger partial charge < -0.3 is 74.0 Å². The molecule has 4 aliphatic rings. The van der Waals surface area contributed by atoms with E-state index < -0.39 is 210 Å². The van der Waals surface area contributed by atoms with Gasteiger partial charge in [0.25, 0.3) is 0 Å². The second kappa shape index (κ2) is 22.9. The maximum atomic E-state index is 12.7. The zero-order valence-corrected chi connectivity index (χ0v) is 38.8. The quantitative estimate of drug-likeness (QED) is 0.0448. The Balaban J connectivity index is 1.80. The molecular formula is C24H40N2O39S6. The minimum absolute atomic E-state index is 1.22. The first-order chi connectivity index (χ1) is 32.1. The summed E-state index contributed by atoms with van der Waals surface area (Å²) >= 11 is 0. The maximum Gasteiger partial charge on any atom is 0.397 e. The molecule has 71 heavy (non-hydrogen) atoms. The lowest BCUT2D eigenvalue weighted by atomic mass is 9.94. The number of aliphatic carboxylic acids is 2. The zero-order valence-electron chi connectivity index (χ0n) is 33.9. The summed E-state index contributed by atoms with van der Waals surface area (Å²) in [4.78, 5) is 24.7. The van der Waals surface area contributed by atoms with Crippen molar-refractivity contribution >= 4 is 74.1 Å². The third kappa shape index (κ3) is 17.3. The molecule has 4 aliphatic heterocycles. The molecule has 41 nitrogen and oxygen atoms in total. The SMILES string of the molecule is O=C(O)[C@@H]1O[C@H](O)[C@@H](OS(=O)(=O)O)[C@H](O)[C@H]1O[C@@H]1O[C@H](COS(=O)(=O)O)[C@H](O[C@H]2O[C@@H](C(=O)O)[C@@H](O[C@@H]3O[C@@H](COS(=O)(=O)O)[C@H](O)[C@H](O)[C@H]3NS(=O)(=O)O)C(O)[C@H]2OS(=O)(=O)O)[C@@H](O)[C@@H]1NS(=O)(=O)O. The van der Waals surface area contributed by atoms with E-state index in [1.165, 1.54) is 9.44 Å². The summed E-state index contributed by atoms with van der Waals surface area (Å²) in [5.41, 5.74) is 0. The molecule has 47 heteroatoms. The molecule has 0 aromatic rings. The van der Waals surface area contributed by atoms with Crippen molar-refractivity contribution in [2.24, 2.45) is 0 Å². The number of carboxylic acid groups (broad SMARTS) is 2. The molecule has 20 atom stereocenters.